The Morgan fingerprint density at radius 2 is 1.45 bits per heavy atom. The monoisotopic (exact) mass is 530 g/mol. The third-order valence-electron chi connectivity index (χ3n) is 8.12. The van der Waals surface area contributed by atoms with Crippen LogP contribution in [0.1, 0.15) is 134 Å². The second kappa shape index (κ2) is 18.5. The third kappa shape index (κ3) is 11.5. The molecule has 1 saturated carbocycles. The fraction of sp³-hybridized carbons (Fsp3) is 0.781. The van der Waals surface area contributed by atoms with Crippen molar-refractivity contribution in [1.82, 2.24) is 10.6 Å². The van der Waals surface area contributed by atoms with Gasteiger partial charge in [-0.15, -0.1) is 0 Å². The van der Waals surface area contributed by atoms with Crippen molar-refractivity contribution in [3.8, 4) is 11.5 Å². The maximum absolute atomic E-state index is 12.8. The first-order valence-electron chi connectivity index (χ1n) is 15.8. The van der Waals surface area contributed by atoms with E-state index in [1.165, 1.54) is 96.3 Å². The number of hydrogen-bond acceptors (Lipinski definition) is 5. The fourth-order valence-electron chi connectivity index (χ4n) is 5.72. The summed E-state index contributed by atoms with van der Waals surface area (Å²) in [6.07, 6.45) is 21.4. The molecular weight excluding hydrogens is 476 g/mol. The van der Waals surface area contributed by atoms with Crippen LogP contribution in [0.25, 0.3) is 0 Å². The molecule has 3 N–H and O–H groups in total. The minimum absolute atomic E-state index is 0.0305. The van der Waals surface area contributed by atoms with Gasteiger partial charge in [0.25, 0.3) is 0 Å². The maximum Gasteiger partial charge on any atom is 0.220 e. The van der Waals surface area contributed by atoms with Crippen LogP contribution in [0.5, 0.6) is 11.5 Å². The highest BCUT2D eigenvalue weighted by atomic mass is 16.6. The largest absolute Gasteiger partial charge is 0.486 e. The molecule has 0 bridgehead atoms. The summed E-state index contributed by atoms with van der Waals surface area (Å²) in [6.45, 7) is 3.88. The molecule has 2 aliphatic rings. The average Bonchev–Trinajstić information content (AvgIpc) is 3.46. The van der Waals surface area contributed by atoms with Crippen LogP contribution in [0, 0.1) is 0 Å². The van der Waals surface area contributed by atoms with Crippen molar-refractivity contribution in [1.29, 1.82) is 0 Å². The predicted octanol–water partition coefficient (Wildman–Crippen LogP) is 6.99. The zero-order chi connectivity index (χ0) is 26.8. The number of aliphatic hydroxyl groups is 1. The summed E-state index contributed by atoms with van der Waals surface area (Å²) in [5.41, 5.74) is 0.744. The van der Waals surface area contributed by atoms with Crippen LogP contribution in [0.2, 0.25) is 0 Å². The number of rotatable bonds is 20. The van der Waals surface area contributed by atoms with Gasteiger partial charge < -0.3 is 25.2 Å². The van der Waals surface area contributed by atoms with Gasteiger partial charge in [-0.3, -0.25) is 4.79 Å². The van der Waals surface area contributed by atoms with Crippen LogP contribution in [-0.4, -0.2) is 42.9 Å². The summed E-state index contributed by atoms with van der Waals surface area (Å²) in [6, 6.07) is 5.67. The number of unbranched alkanes of at least 4 members (excludes halogenated alkanes) is 12. The van der Waals surface area contributed by atoms with Crippen molar-refractivity contribution in [2.45, 2.75) is 141 Å². The molecule has 38 heavy (non-hydrogen) atoms. The number of carbonyl (C=O) groups is 1. The van der Waals surface area contributed by atoms with E-state index in [4.69, 9.17) is 9.47 Å². The number of aliphatic hydroxyl groups excluding tert-OH is 1. The Hall–Kier alpha value is -1.79. The third-order valence-corrected chi connectivity index (χ3v) is 8.12. The van der Waals surface area contributed by atoms with Crippen molar-refractivity contribution >= 4 is 5.91 Å². The molecule has 6 heteroatoms. The number of fused-ring (bicyclic) bond motifs is 1. The topological polar surface area (TPSA) is 79.8 Å². The van der Waals surface area contributed by atoms with Crippen molar-refractivity contribution in [3.63, 3.8) is 0 Å². The van der Waals surface area contributed by atoms with Crippen LogP contribution in [0.3, 0.4) is 0 Å². The summed E-state index contributed by atoms with van der Waals surface area (Å²) >= 11 is 0. The summed E-state index contributed by atoms with van der Waals surface area (Å²) in [4.78, 5) is 12.8. The molecule has 2 atom stereocenters. The Morgan fingerprint density at radius 1 is 0.868 bits per heavy atom. The van der Waals surface area contributed by atoms with Crippen molar-refractivity contribution in [2.75, 3.05) is 19.8 Å². The van der Waals surface area contributed by atoms with Crippen molar-refractivity contribution < 1.29 is 19.4 Å². The lowest BCUT2D eigenvalue weighted by Gasteiger charge is -2.27. The average molecular weight is 531 g/mol. The lowest BCUT2D eigenvalue weighted by molar-refractivity contribution is -0.122. The van der Waals surface area contributed by atoms with Gasteiger partial charge in [0, 0.05) is 19.0 Å². The standard InChI is InChI=1S/C32H54N2O4/c1-2-3-4-5-6-7-8-9-10-11-12-13-14-19-31(35)34-28(25-33-27-17-15-16-18-27)32(36)26-20-21-29-30(24-26)38-23-22-37-29/h20-21,24,27-28,32-33,36H,2-19,22-23,25H2,1H3,(H,34,35)/t28-,32?/m1/s1. The van der Waals surface area contributed by atoms with Crippen LogP contribution in [0.4, 0.5) is 0 Å². The highest BCUT2D eigenvalue weighted by Gasteiger charge is 2.26. The minimum atomic E-state index is -0.810. The molecule has 3 rings (SSSR count). The van der Waals surface area contributed by atoms with E-state index in [-0.39, 0.29) is 11.9 Å². The lowest BCUT2D eigenvalue weighted by atomic mass is 10.0. The SMILES string of the molecule is CCCCCCCCCCCCCCCC(=O)N[C@H](CNC1CCCC1)C(O)c1ccc2c(c1)OCCO2. The number of ether oxygens (including phenoxy) is 2. The summed E-state index contributed by atoms with van der Waals surface area (Å²) in [7, 11) is 0. The van der Waals surface area contributed by atoms with Gasteiger partial charge in [-0.25, -0.2) is 0 Å². The molecule has 216 valence electrons. The second-order valence-corrected chi connectivity index (χ2v) is 11.4. The van der Waals surface area contributed by atoms with Crippen LogP contribution in [-0.2, 0) is 4.79 Å². The molecule has 0 aromatic heterocycles. The quantitative estimate of drug-likeness (QED) is 0.158. The molecule has 1 aromatic carbocycles. The van der Waals surface area contributed by atoms with Gasteiger partial charge in [-0.2, -0.15) is 0 Å². The van der Waals surface area contributed by atoms with E-state index in [1.807, 2.05) is 18.2 Å². The van der Waals surface area contributed by atoms with E-state index >= 15 is 0 Å². The number of nitrogens with one attached hydrogen (secondary N) is 2. The lowest BCUT2D eigenvalue weighted by Crippen LogP contribution is -2.47. The first kappa shape index (κ1) is 30.7. The molecule has 1 amide bonds. The maximum atomic E-state index is 12.8. The number of amides is 1. The van der Waals surface area contributed by atoms with E-state index in [1.54, 1.807) is 0 Å². The normalized spacial score (nSPS) is 16.9. The highest BCUT2D eigenvalue weighted by molar-refractivity contribution is 5.76. The molecule has 0 spiro atoms. The molecule has 6 nitrogen and oxygen atoms in total. The smallest absolute Gasteiger partial charge is 0.220 e. The van der Waals surface area contributed by atoms with E-state index in [9.17, 15) is 9.90 Å². The Labute approximate surface area is 231 Å². The Kier molecular flexibility index (Phi) is 15.0. The van der Waals surface area contributed by atoms with E-state index in [0.29, 0.717) is 43.7 Å². The Bertz CT molecular complexity index is 781. The Morgan fingerprint density at radius 3 is 2.08 bits per heavy atom. The Balaban J connectivity index is 1.34. The zero-order valence-electron chi connectivity index (χ0n) is 24.0. The van der Waals surface area contributed by atoms with E-state index < -0.39 is 6.10 Å². The van der Waals surface area contributed by atoms with Gasteiger partial charge in [-0.1, -0.05) is 103 Å². The molecule has 1 aromatic rings. The van der Waals surface area contributed by atoms with Crippen LogP contribution < -0.4 is 20.1 Å². The van der Waals surface area contributed by atoms with Crippen molar-refractivity contribution in [2.24, 2.45) is 0 Å². The van der Waals surface area contributed by atoms with E-state index in [0.717, 1.165) is 18.4 Å². The fourth-order valence-corrected chi connectivity index (χ4v) is 5.72. The van der Waals surface area contributed by atoms with E-state index in [2.05, 4.69) is 17.6 Å². The molecule has 1 unspecified atom stereocenters. The molecular formula is C32H54N2O4. The van der Waals surface area contributed by atoms with Gasteiger partial charge in [0.15, 0.2) is 11.5 Å². The second-order valence-electron chi connectivity index (χ2n) is 11.4. The summed E-state index contributed by atoms with van der Waals surface area (Å²) in [5, 5.41) is 18.0. The van der Waals surface area contributed by atoms with Gasteiger partial charge in [0.1, 0.15) is 19.3 Å². The molecule has 1 aliphatic carbocycles. The van der Waals surface area contributed by atoms with Crippen molar-refractivity contribution in [3.05, 3.63) is 23.8 Å². The van der Waals surface area contributed by atoms with Gasteiger partial charge in [0.2, 0.25) is 5.91 Å². The number of carbonyl (C=O) groups excluding carboxylic acids is 1. The summed E-state index contributed by atoms with van der Waals surface area (Å²) < 4.78 is 11.3. The van der Waals surface area contributed by atoms with Crippen LogP contribution >= 0.6 is 0 Å². The molecule has 0 radical (unpaired) electrons. The zero-order valence-corrected chi connectivity index (χ0v) is 24.0. The van der Waals surface area contributed by atoms with Crippen LogP contribution in [0.15, 0.2) is 18.2 Å². The first-order chi connectivity index (χ1) is 18.7. The molecule has 0 saturated heterocycles. The molecule has 1 aliphatic heterocycles. The highest BCUT2D eigenvalue weighted by Crippen LogP contribution is 2.33. The van der Waals surface area contributed by atoms with Gasteiger partial charge in [0.05, 0.1) is 6.04 Å². The first-order valence-corrected chi connectivity index (χ1v) is 15.8. The molecule has 1 heterocycles. The number of hydrogen-bond donors (Lipinski definition) is 3. The minimum Gasteiger partial charge on any atom is -0.486 e. The van der Waals surface area contributed by atoms with Gasteiger partial charge >= 0.3 is 0 Å². The van der Waals surface area contributed by atoms with Gasteiger partial charge in [-0.05, 0) is 37.0 Å². The summed E-state index contributed by atoms with van der Waals surface area (Å²) in [5.74, 6) is 1.40. The molecule has 1 fully saturated rings. The number of benzene rings is 1. The predicted molar refractivity (Wildman–Crippen MR) is 155 cm³/mol.